The Bertz CT molecular complexity index is 861. The molecule has 2 heterocycles. The topological polar surface area (TPSA) is 47.8 Å². The van der Waals surface area contributed by atoms with Gasteiger partial charge in [-0.2, -0.15) is 0 Å². The van der Waals surface area contributed by atoms with Gasteiger partial charge in [0.1, 0.15) is 0 Å². The number of rotatable bonds is 4. The number of halogens is 1. The molecule has 24 heavy (non-hydrogen) atoms. The van der Waals surface area contributed by atoms with Crippen molar-refractivity contribution in [3.8, 4) is 0 Å². The van der Waals surface area contributed by atoms with E-state index in [1.165, 1.54) is 0 Å². The van der Waals surface area contributed by atoms with Crippen LogP contribution in [0.25, 0.3) is 0 Å². The molecule has 2 atom stereocenters. The first kappa shape index (κ1) is 14.8. The van der Waals surface area contributed by atoms with E-state index in [0.29, 0.717) is 6.42 Å². The normalized spacial score (nSPS) is 19.2. The Kier molecular flexibility index (Phi) is 3.69. The number of benzene rings is 2. The smallest absolute Gasteiger partial charge is 0.218 e. The first-order valence-corrected chi connectivity index (χ1v) is 7.95. The second-order valence-corrected chi connectivity index (χ2v) is 5.95. The predicted molar refractivity (Wildman–Crippen MR) is 87.5 cm³/mol. The van der Waals surface area contributed by atoms with E-state index in [1.807, 2.05) is 60.7 Å². The average Bonchev–Trinajstić information content (AvgIpc) is 3.18. The molecule has 4 nitrogen and oxygen atoms in total. The van der Waals surface area contributed by atoms with E-state index < -0.39 is 6.17 Å². The van der Waals surface area contributed by atoms with Gasteiger partial charge in [-0.3, -0.25) is 4.79 Å². The third kappa shape index (κ3) is 2.62. The molecule has 120 valence electrons. The Morgan fingerprint density at radius 2 is 1.75 bits per heavy atom. The molecule has 0 saturated heterocycles. The number of fused-ring (bicyclic) bond motifs is 1. The van der Waals surface area contributed by atoms with Crippen molar-refractivity contribution in [3.05, 3.63) is 83.4 Å². The molecule has 5 heteroatoms. The Morgan fingerprint density at radius 1 is 1.08 bits per heavy atom. The number of alkyl halides is 1. The van der Waals surface area contributed by atoms with Crippen LogP contribution in [-0.4, -0.2) is 20.5 Å². The van der Waals surface area contributed by atoms with Gasteiger partial charge in [0.05, 0.1) is 6.04 Å². The molecule has 1 aliphatic rings. The Morgan fingerprint density at radius 3 is 2.46 bits per heavy atom. The minimum absolute atomic E-state index is 0.0946. The fourth-order valence-corrected chi connectivity index (χ4v) is 3.11. The van der Waals surface area contributed by atoms with Gasteiger partial charge in [0, 0.05) is 12.8 Å². The zero-order valence-electron chi connectivity index (χ0n) is 13.0. The van der Waals surface area contributed by atoms with Crippen molar-refractivity contribution in [2.75, 3.05) is 0 Å². The summed E-state index contributed by atoms with van der Waals surface area (Å²) in [6.45, 7) is 0. The first-order chi connectivity index (χ1) is 11.7. The van der Waals surface area contributed by atoms with E-state index in [1.54, 1.807) is 4.68 Å². The van der Waals surface area contributed by atoms with Gasteiger partial charge in [0.15, 0.2) is 12.0 Å². The quantitative estimate of drug-likeness (QED) is 0.688. The number of hydrogen-bond donors (Lipinski definition) is 0. The number of ketones is 1. The Balaban J connectivity index is 1.62. The molecule has 0 aliphatic carbocycles. The number of Topliss-reactive ketones (excluding diaryl/α,β-unsaturated/α-hetero) is 1. The fourth-order valence-electron chi connectivity index (χ4n) is 3.11. The monoisotopic (exact) mass is 321 g/mol. The molecule has 0 spiro atoms. The molecule has 0 unspecified atom stereocenters. The van der Waals surface area contributed by atoms with Crippen LogP contribution < -0.4 is 0 Å². The highest BCUT2D eigenvalue weighted by molar-refractivity contribution is 5.94. The number of carbonyl (C=O) groups excluding carboxylic acids is 1. The van der Waals surface area contributed by atoms with Crippen molar-refractivity contribution in [2.45, 2.75) is 25.1 Å². The van der Waals surface area contributed by atoms with Gasteiger partial charge in [-0.1, -0.05) is 60.7 Å². The zero-order valence-corrected chi connectivity index (χ0v) is 13.0. The van der Waals surface area contributed by atoms with E-state index in [-0.39, 0.29) is 29.9 Å². The minimum atomic E-state index is -1.19. The van der Waals surface area contributed by atoms with Crippen LogP contribution in [0.4, 0.5) is 4.39 Å². The number of carbonyl (C=O) groups is 1. The summed E-state index contributed by atoms with van der Waals surface area (Å²) in [6, 6.07) is 18.9. The van der Waals surface area contributed by atoms with Crippen LogP contribution in [0.5, 0.6) is 0 Å². The van der Waals surface area contributed by atoms with Gasteiger partial charge in [-0.05, 0) is 11.1 Å². The molecule has 0 N–H and O–H groups in total. The Hall–Kier alpha value is -2.82. The highest BCUT2D eigenvalue weighted by Gasteiger charge is 2.36. The molecule has 0 fully saturated rings. The second kappa shape index (κ2) is 6.00. The van der Waals surface area contributed by atoms with Gasteiger partial charge in [0.25, 0.3) is 0 Å². The Labute approximate surface area is 139 Å². The highest BCUT2D eigenvalue weighted by atomic mass is 19.1. The third-order valence-electron chi connectivity index (χ3n) is 4.30. The van der Waals surface area contributed by atoms with Gasteiger partial charge < -0.3 is 0 Å². The lowest BCUT2D eigenvalue weighted by molar-refractivity contribution is 0.0982. The van der Waals surface area contributed by atoms with Crippen molar-refractivity contribution in [3.63, 3.8) is 0 Å². The molecule has 1 aromatic heterocycles. The predicted octanol–water partition coefficient (Wildman–Crippen LogP) is 3.71. The van der Waals surface area contributed by atoms with E-state index in [2.05, 4.69) is 10.1 Å². The van der Waals surface area contributed by atoms with Crippen LogP contribution in [0, 0.1) is 0 Å². The lowest BCUT2D eigenvalue weighted by Crippen LogP contribution is -2.11. The van der Waals surface area contributed by atoms with Crippen molar-refractivity contribution < 1.29 is 9.18 Å². The molecule has 0 bridgehead atoms. The molecule has 4 rings (SSSR count). The standard InChI is InChI=1S/C19H16FN3O/c20-15-12-16(14-9-5-2-6-10-14)23-19(15)21-18(22-23)17(24)11-13-7-3-1-4-8-13/h1-10,15-16H,11-12H2/t15-,16-/m0/s1. The van der Waals surface area contributed by atoms with Crippen molar-refractivity contribution in [1.82, 2.24) is 14.8 Å². The molecule has 2 aromatic carbocycles. The maximum atomic E-state index is 14.3. The number of aromatic nitrogens is 3. The SMILES string of the molecule is O=C(Cc1ccccc1)c1nc2n(n1)[C@H](c1ccccc1)C[C@@H]2F. The van der Waals surface area contributed by atoms with Crippen LogP contribution in [-0.2, 0) is 6.42 Å². The summed E-state index contributed by atoms with van der Waals surface area (Å²) in [4.78, 5) is 16.6. The van der Waals surface area contributed by atoms with Gasteiger partial charge in [-0.25, -0.2) is 14.1 Å². The van der Waals surface area contributed by atoms with E-state index in [4.69, 9.17) is 0 Å². The summed E-state index contributed by atoms with van der Waals surface area (Å²) in [7, 11) is 0. The largest absolute Gasteiger partial charge is 0.290 e. The summed E-state index contributed by atoms with van der Waals surface area (Å²) < 4.78 is 15.9. The molecule has 0 saturated carbocycles. The average molecular weight is 321 g/mol. The summed E-state index contributed by atoms with van der Waals surface area (Å²) >= 11 is 0. The fraction of sp³-hybridized carbons (Fsp3) is 0.211. The molecule has 3 aromatic rings. The third-order valence-corrected chi connectivity index (χ3v) is 4.30. The van der Waals surface area contributed by atoms with E-state index in [0.717, 1.165) is 11.1 Å². The highest BCUT2D eigenvalue weighted by Crippen LogP contribution is 2.39. The maximum absolute atomic E-state index is 14.3. The lowest BCUT2D eigenvalue weighted by atomic mass is 10.0. The summed E-state index contributed by atoms with van der Waals surface area (Å²) in [5.41, 5.74) is 1.87. The molecular formula is C19H16FN3O. The van der Waals surface area contributed by atoms with Crippen LogP contribution in [0.15, 0.2) is 60.7 Å². The van der Waals surface area contributed by atoms with Gasteiger partial charge in [0.2, 0.25) is 11.6 Å². The van der Waals surface area contributed by atoms with Crippen molar-refractivity contribution >= 4 is 5.78 Å². The number of nitrogens with zero attached hydrogens (tertiary/aromatic N) is 3. The number of hydrogen-bond acceptors (Lipinski definition) is 3. The summed E-state index contributed by atoms with van der Waals surface area (Å²) in [5.74, 6) is 0.152. The minimum Gasteiger partial charge on any atom is -0.290 e. The van der Waals surface area contributed by atoms with Gasteiger partial charge >= 0.3 is 0 Å². The van der Waals surface area contributed by atoms with Gasteiger partial charge in [-0.15, -0.1) is 5.10 Å². The zero-order chi connectivity index (χ0) is 16.5. The van der Waals surface area contributed by atoms with Crippen molar-refractivity contribution in [2.24, 2.45) is 0 Å². The second-order valence-electron chi connectivity index (χ2n) is 5.95. The summed E-state index contributed by atoms with van der Waals surface area (Å²) in [6.07, 6.45) is -0.662. The van der Waals surface area contributed by atoms with Crippen LogP contribution in [0.2, 0.25) is 0 Å². The van der Waals surface area contributed by atoms with Crippen LogP contribution in [0.3, 0.4) is 0 Å². The molecular weight excluding hydrogens is 305 g/mol. The lowest BCUT2D eigenvalue weighted by Gasteiger charge is -2.11. The first-order valence-electron chi connectivity index (χ1n) is 7.95. The molecule has 0 radical (unpaired) electrons. The molecule has 0 amide bonds. The van der Waals surface area contributed by atoms with Crippen molar-refractivity contribution in [1.29, 1.82) is 0 Å². The van der Waals surface area contributed by atoms with E-state index in [9.17, 15) is 9.18 Å². The maximum Gasteiger partial charge on any atom is 0.218 e. The molecule has 1 aliphatic heterocycles. The van der Waals surface area contributed by atoms with Crippen LogP contribution in [0.1, 0.15) is 46.2 Å². The summed E-state index contributed by atoms with van der Waals surface area (Å²) in [5, 5.41) is 4.31. The van der Waals surface area contributed by atoms with E-state index >= 15 is 0 Å². The van der Waals surface area contributed by atoms with Crippen LogP contribution >= 0.6 is 0 Å².